The number of ether oxygens (including phenoxy) is 2. The predicted octanol–water partition coefficient (Wildman–Crippen LogP) is 1.72. The Bertz CT molecular complexity index is 896. The van der Waals surface area contributed by atoms with Crippen LogP contribution in [0.25, 0.3) is 5.65 Å². The van der Waals surface area contributed by atoms with Crippen LogP contribution in [0.3, 0.4) is 0 Å². The topological polar surface area (TPSA) is 90.6 Å². The van der Waals surface area contributed by atoms with E-state index in [0.29, 0.717) is 33.7 Å². The molecule has 8 nitrogen and oxygen atoms in total. The van der Waals surface area contributed by atoms with E-state index < -0.39 is 0 Å². The minimum atomic E-state index is -0.317. The maximum Gasteiger partial charge on any atom is 0.255 e. The number of nitrogens with zero attached hydrogens (tertiary/aromatic N) is 4. The number of rotatable bonds is 5. The molecular formula is C15H14ClN5O3. The Kier molecular flexibility index (Phi) is 4.48. The highest BCUT2D eigenvalue weighted by Crippen LogP contribution is 2.23. The molecule has 124 valence electrons. The minimum Gasteiger partial charge on any atom is -0.496 e. The fourth-order valence-electron chi connectivity index (χ4n) is 2.14. The Morgan fingerprint density at radius 2 is 2.04 bits per heavy atom. The second-order valence-corrected chi connectivity index (χ2v) is 5.23. The monoisotopic (exact) mass is 347 g/mol. The molecule has 0 saturated heterocycles. The first-order valence-corrected chi connectivity index (χ1v) is 7.37. The van der Waals surface area contributed by atoms with Gasteiger partial charge >= 0.3 is 0 Å². The number of amides is 1. The van der Waals surface area contributed by atoms with Gasteiger partial charge in [-0.05, 0) is 24.3 Å². The van der Waals surface area contributed by atoms with E-state index in [4.69, 9.17) is 21.1 Å². The van der Waals surface area contributed by atoms with Crippen LogP contribution in [0.4, 0.5) is 0 Å². The van der Waals surface area contributed by atoms with Gasteiger partial charge in [0.15, 0.2) is 11.5 Å². The molecule has 3 aromatic rings. The Morgan fingerprint density at radius 3 is 2.79 bits per heavy atom. The highest BCUT2D eigenvalue weighted by molar-refractivity contribution is 6.30. The third-order valence-corrected chi connectivity index (χ3v) is 3.56. The van der Waals surface area contributed by atoms with E-state index >= 15 is 0 Å². The van der Waals surface area contributed by atoms with E-state index in [-0.39, 0.29) is 12.5 Å². The molecule has 0 aliphatic rings. The summed E-state index contributed by atoms with van der Waals surface area (Å²) in [4.78, 5) is 12.4. The zero-order valence-corrected chi connectivity index (χ0v) is 13.7. The number of nitrogens with one attached hydrogen (secondary N) is 1. The average molecular weight is 348 g/mol. The Morgan fingerprint density at radius 1 is 1.21 bits per heavy atom. The highest BCUT2D eigenvalue weighted by Gasteiger charge is 2.14. The zero-order valence-electron chi connectivity index (χ0n) is 13.0. The van der Waals surface area contributed by atoms with Crippen molar-refractivity contribution in [3.05, 3.63) is 46.7 Å². The molecule has 1 aromatic carbocycles. The molecule has 9 heteroatoms. The van der Waals surface area contributed by atoms with Gasteiger partial charge in [0.1, 0.15) is 5.75 Å². The normalized spacial score (nSPS) is 10.6. The van der Waals surface area contributed by atoms with Gasteiger partial charge in [-0.3, -0.25) is 4.79 Å². The van der Waals surface area contributed by atoms with Gasteiger partial charge in [0.05, 0.1) is 26.3 Å². The summed E-state index contributed by atoms with van der Waals surface area (Å²) in [5.41, 5.74) is 0.936. The number of carbonyl (C=O) groups excluding carboxylic acids is 1. The fraction of sp³-hybridized carbons (Fsp3) is 0.200. The second-order valence-electron chi connectivity index (χ2n) is 4.79. The minimum absolute atomic E-state index is 0.145. The standard InChI is InChI=1S/C15H14ClN5O3/c1-23-11-7-9(16)3-4-10(11)15(22)17-8-13-19-18-12-5-6-14(24-2)20-21(12)13/h3-7H,8H2,1-2H3,(H,17,22). The number of carbonyl (C=O) groups is 1. The highest BCUT2D eigenvalue weighted by atomic mass is 35.5. The molecule has 0 spiro atoms. The first kappa shape index (κ1) is 16.0. The van der Waals surface area contributed by atoms with Crippen LogP contribution in [0.15, 0.2) is 30.3 Å². The van der Waals surface area contributed by atoms with E-state index in [1.165, 1.54) is 18.7 Å². The summed E-state index contributed by atoms with van der Waals surface area (Å²) < 4.78 is 11.8. The maximum atomic E-state index is 12.4. The van der Waals surface area contributed by atoms with Crippen molar-refractivity contribution in [1.82, 2.24) is 25.1 Å². The molecule has 1 amide bonds. The number of hydrogen-bond donors (Lipinski definition) is 1. The fourth-order valence-corrected chi connectivity index (χ4v) is 2.30. The SMILES string of the molecule is COc1ccc2nnc(CNC(=O)c3ccc(Cl)cc3OC)n2n1. The molecule has 0 fully saturated rings. The molecule has 0 aliphatic heterocycles. The molecule has 1 N–H and O–H groups in total. The second kappa shape index (κ2) is 6.71. The Balaban J connectivity index is 1.79. The number of benzene rings is 1. The van der Waals surface area contributed by atoms with Gasteiger partial charge in [-0.25, -0.2) is 0 Å². The Labute approximate surface area is 142 Å². The number of aromatic nitrogens is 4. The van der Waals surface area contributed by atoms with Crippen molar-refractivity contribution in [2.45, 2.75) is 6.54 Å². The lowest BCUT2D eigenvalue weighted by Gasteiger charge is -2.09. The summed E-state index contributed by atoms with van der Waals surface area (Å²) in [5.74, 6) is 0.980. The number of methoxy groups -OCH3 is 2. The lowest BCUT2D eigenvalue weighted by Crippen LogP contribution is -2.24. The number of hydrogen-bond acceptors (Lipinski definition) is 6. The van der Waals surface area contributed by atoms with E-state index in [2.05, 4.69) is 20.6 Å². The van der Waals surface area contributed by atoms with Crippen LogP contribution in [0.1, 0.15) is 16.2 Å². The lowest BCUT2D eigenvalue weighted by molar-refractivity contribution is 0.0946. The van der Waals surface area contributed by atoms with E-state index in [0.717, 1.165) is 0 Å². The van der Waals surface area contributed by atoms with Crippen molar-refractivity contribution >= 4 is 23.2 Å². The quantitative estimate of drug-likeness (QED) is 0.755. The Hall–Kier alpha value is -2.87. The van der Waals surface area contributed by atoms with Gasteiger partial charge in [-0.1, -0.05) is 11.6 Å². The van der Waals surface area contributed by atoms with Crippen LogP contribution in [0.2, 0.25) is 5.02 Å². The maximum absolute atomic E-state index is 12.4. The van der Waals surface area contributed by atoms with Gasteiger partial charge in [0.25, 0.3) is 5.91 Å². The van der Waals surface area contributed by atoms with Crippen molar-refractivity contribution in [3.8, 4) is 11.6 Å². The first-order valence-electron chi connectivity index (χ1n) is 6.99. The third kappa shape index (κ3) is 3.09. The van der Waals surface area contributed by atoms with Crippen LogP contribution >= 0.6 is 11.6 Å². The summed E-state index contributed by atoms with van der Waals surface area (Å²) >= 11 is 5.90. The largest absolute Gasteiger partial charge is 0.496 e. The molecule has 0 saturated carbocycles. The number of halogens is 1. The van der Waals surface area contributed by atoms with Crippen LogP contribution in [0.5, 0.6) is 11.6 Å². The smallest absolute Gasteiger partial charge is 0.255 e. The summed E-state index contributed by atoms with van der Waals surface area (Å²) in [6.07, 6.45) is 0. The molecule has 0 radical (unpaired) electrons. The van der Waals surface area contributed by atoms with Crippen LogP contribution < -0.4 is 14.8 Å². The molecule has 0 bridgehead atoms. The van der Waals surface area contributed by atoms with Crippen LogP contribution in [-0.4, -0.2) is 39.9 Å². The van der Waals surface area contributed by atoms with Gasteiger partial charge in [-0.15, -0.1) is 15.3 Å². The van der Waals surface area contributed by atoms with Crippen molar-refractivity contribution in [3.63, 3.8) is 0 Å². The van der Waals surface area contributed by atoms with Gasteiger partial charge in [0, 0.05) is 11.1 Å². The molecule has 2 aromatic heterocycles. The average Bonchev–Trinajstić information content (AvgIpc) is 3.01. The molecule has 24 heavy (non-hydrogen) atoms. The molecule has 0 unspecified atom stereocenters. The van der Waals surface area contributed by atoms with E-state index in [1.54, 1.807) is 30.3 Å². The number of fused-ring (bicyclic) bond motifs is 1. The summed E-state index contributed by atoms with van der Waals surface area (Å²) in [6.45, 7) is 0.145. The summed E-state index contributed by atoms with van der Waals surface area (Å²) in [5, 5.41) is 15.5. The molecule has 0 aliphatic carbocycles. The van der Waals surface area contributed by atoms with Crippen molar-refractivity contribution in [2.24, 2.45) is 0 Å². The van der Waals surface area contributed by atoms with Gasteiger partial charge in [-0.2, -0.15) is 4.52 Å². The first-order chi connectivity index (χ1) is 11.6. The molecule has 0 atom stereocenters. The molecule has 3 rings (SSSR count). The zero-order chi connectivity index (χ0) is 17.1. The third-order valence-electron chi connectivity index (χ3n) is 3.33. The van der Waals surface area contributed by atoms with Gasteiger partial charge in [0.2, 0.25) is 5.88 Å². The molecule has 2 heterocycles. The van der Waals surface area contributed by atoms with E-state index in [9.17, 15) is 4.79 Å². The van der Waals surface area contributed by atoms with Crippen molar-refractivity contribution < 1.29 is 14.3 Å². The van der Waals surface area contributed by atoms with Crippen LogP contribution in [-0.2, 0) is 6.54 Å². The summed E-state index contributed by atoms with van der Waals surface area (Å²) in [7, 11) is 3.00. The molecular weight excluding hydrogens is 334 g/mol. The van der Waals surface area contributed by atoms with Gasteiger partial charge < -0.3 is 14.8 Å². The van der Waals surface area contributed by atoms with Crippen molar-refractivity contribution in [1.29, 1.82) is 0 Å². The van der Waals surface area contributed by atoms with Crippen molar-refractivity contribution in [2.75, 3.05) is 14.2 Å². The van der Waals surface area contributed by atoms with E-state index in [1.807, 2.05) is 0 Å². The van der Waals surface area contributed by atoms with Crippen LogP contribution in [0, 0.1) is 0 Å². The summed E-state index contributed by atoms with van der Waals surface area (Å²) in [6, 6.07) is 8.21. The lowest BCUT2D eigenvalue weighted by atomic mass is 10.2. The predicted molar refractivity (Wildman–Crippen MR) is 86.5 cm³/mol.